The van der Waals surface area contributed by atoms with Gasteiger partial charge in [0.25, 0.3) is 10.0 Å². The zero-order valence-electron chi connectivity index (χ0n) is 24.5. The summed E-state index contributed by atoms with van der Waals surface area (Å²) < 4.78 is 70.2. The van der Waals surface area contributed by atoms with E-state index in [9.17, 15) is 31.2 Å². The van der Waals surface area contributed by atoms with Gasteiger partial charge in [0.05, 0.1) is 21.2 Å². The summed E-state index contributed by atoms with van der Waals surface area (Å²) in [5, 5.41) is 1.95. The molecule has 0 aliphatic carbocycles. The number of aryl methyl sites for hydroxylation is 1. The van der Waals surface area contributed by atoms with E-state index in [-0.39, 0.29) is 17.9 Å². The lowest BCUT2D eigenvalue weighted by Gasteiger charge is -2.33. The second-order valence-electron chi connectivity index (χ2n) is 10.3. The molecule has 0 bridgehead atoms. The van der Waals surface area contributed by atoms with Gasteiger partial charge in [-0.3, -0.25) is 13.9 Å². The van der Waals surface area contributed by atoms with Gasteiger partial charge in [0.1, 0.15) is 12.6 Å². The van der Waals surface area contributed by atoms with Crippen LogP contribution >= 0.6 is 11.6 Å². The number of rotatable bonds is 11. The van der Waals surface area contributed by atoms with Crippen molar-refractivity contribution in [2.24, 2.45) is 0 Å². The minimum absolute atomic E-state index is 0.0720. The van der Waals surface area contributed by atoms with Gasteiger partial charge in [0.15, 0.2) is 0 Å². The maximum atomic E-state index is 14.3. The molecule has 0 aromatic heterocycles. The van der Waals surface area contributed by atoms with E-state index < -0.39 is 56.9 Å². The van der Waals surface area contributed by atoms with Gasteiger partial charge in [-0.1, -0.05) is 90.0 Å². The van der Waals surface area contributed by atoms with Gasteiger partial charge >= 0.3 is 6.18 Å². The van der Waals surface area contributed by atoms with Crippen LogP contribution in [0.15, 0.2) is 108 Å². The number of hydrogen-bond donors (Lipinski definition) is 1. The molecule has 0 heterocycles. The third-order valence-corrected chi connectivity index (χ3v) is 9.26. The fraction of sp³-hybridized carbons (Fsp3) is 0.212. The van der Waals surface area contributed by atoms with Gasteiger partial charge in [-0.05, 0) is 48.4 Å². The van der Waals surface area contributed by atoms with Crippen molar-refractivity contribution in [3.05, 3.63) is 130 Å². The topological polar surface area (TPSA) is 86.8 Å². The first-order valence-corrected chi connectivity index (χ1v) is 15.7. The average Bonchev–Trinajstić information content (AvgIpc) is 3.02. The van der Waals surface area contributed by atoms with Crippen molar-refractivity contribution in [3.8, 4) is 0 Å². The summed E-state index contributed by atoms with van der Waals surface area (Å²) >= 11 is 5.84. The van der Waals surface area contributed by atoms with Crippen LogP contribution in [0.2, 0.25) is 5.02 Å². The number of carbonyl (C=O) groups is 2. The highest BCUT2D eigenvalue weighted by atomic mass is 35.5. The predicted molar refractivity (Wildman–Crippen MR) is 167 cm³/mol. The molecule has 0 aliphatic rings. The van der Waals surface area contributed by atoms with Crippen molar-refractivity contribution in [1.29, 1.82) is 0 Å². The van der Waals surface area contributed by atoms with Crippen LogP contribution in [0.1, 0.15) is 22.3 Å². The van der Waals surface area contributed by atoms with Crippen molar-refractivity contribution in [1.82, 2.24) is 10.2 Å². The fourth-order valence-corrected chi connectivity index (χ4v) is 6.38. The minimum atomic E-state index is -4.89. The van der Waals surface area contributed by atoms with E-state index in [2.05, 4.69) is 5.32 Å². The summed E-state index contributed by atoms with van der Waals surface area (Å²) in [5.41, 5.74) is 0.484. The van der Waals surface area contributed by atoms with E-state index in [1.807, 2.05) is 0 Å². The van der Waals surface area contributed by atoms with Crippen molar-refractivity contribution in [3.63, 3.8) is 0 Å². The highest BCUT2D eigenvalue weighted by molar-refractivity contribution is 7.92. The molecule has 0 radical (unpaired) electrons. The van der Waals surface area contributed by atoms with Gasteiger partial charge < -0.3 is 10.2 Å². The summed E-state index contributed by atoms with van der Waals surface area (Å²) in [6.07, 6.45) is -4.79. The maximum absolute atomic E-state index is 14.3. The summed E-state index contributed by atoms with van der Waals surface area (Å²) in [4.78, 5) is 28.5. The second-order valence-corrected chi connectivity index (χ2v) is 12.6. The minimum Gasteiger partial charge on any atom is -0.357 e. The van der Waals surface area contributed by atoms with Crippen molar-refractivity contribution >= 4 is 39.1 Å². The monoisotopic (exact) mass is 657 g/mol. The highest BCUT2D eigenvalue weighted by Gasteiger charge is 2.37. The van der Waals surface area contributed by atoms with Crippen molar-refractivity contribution in [2.75, 3.05) is 17.9 Å². The number of likely N-dealkylation sites (N-methyl/N-ethyl adjacent to an activating group) is 1. The van der Waals surface area contributed by atoms with Gasteiger partial charge in [0, 0.05) is 20.0 Å². The highest BCUT2D eigenvalue weighted by Crippen LogP contribution is 2.38. The number of carbonyl (C=O) groups excluding carboxylic acids is 2. The largest absolute Gasteiger partial charge is 0.417 e. The van der Waals surface area contributed by atoms with Crippen LogP contribution in [0.4, 0.5) is 18.9 Å². The lowest BCUT2D eigenvalue weighted by atomic mass is 10.0. The van der Waals surface area contributed by atoms with Crippen LogP contribution in [0.3, 0.4) is 0 Å². The van der Waals surface area contributed by atoms with Crippen LogP contribution in [-0.4, -0.2) is 44.8 Å². The lowest BCUT2D eigenvalue weighted by Crippen LogP contribution is -2.53. The zero-order valence-corrected chi connectivity index (χ0v) is 26.0. The summed E-state index contributed by atoms with van der Waals surface area (Å²) in [7, 11) is -3.16. The van der Waals surface area contributed by atoms with E-state index in [0.717, 1.165) is 23.3 Å². The first-order chi connectivity index (χ1) is 21.3. The number of anilines is 1. The molecule has 0 unspecified atom stereocenters. The van der Waals surface area contributed by atoms with E-state index in [4.69, 9.17) is 11.6 Å². The molecule has 0 fully saturated rings. The second kappa shape index (κ2) is 14.2. The number of alkyl halides is 3. The van der Waals surface area contributed by atoms with E-state index in [1.165, 1.54) is 24.1 Å². The predicted octanol–water partition coefficient (Wildman–Crippen LogP) is 6.25. The Kier molecular flexibility index (Phi) is 10.6. The molecule has 4 rings (SSSR count). The van der Waals surface area contributed by atoms with Crippen LogP contribution in [0.25, 0.3) is 0 Å². The Hall–Kier alpha value is -4.35. The molecule has 4 aromatic carbocycles. The quantitative estimate of drug-likeness (QED) is 0.207. The molecule has 1 N–H and O–H groups in total. The Morgan fingerprint density at radius 1 is 0.867 bits per heavy atom. The first-order valence-electron chi connectivity index (χ1n) is 13.9. The number of halogens is 4. The first kappa shape index (κ1) is 33.5. The van der Waals surface area contributed by atoms with E-state index in [1.54, 1.807) is 79.7 Å². The molecule has 12 heteroatoms. The lowest BCUT2D eigenvalue weighted by molar-refractivity contribution is -0.139. The molecule has 2 amide bonds. The van der Waals surface area contributed by atoms with Gasteiger partial charge in [-0.2, -0.15) is 13.2 Å². The van der Waals surface area contributed by atoms with Crippen molar-refractivity contribution < 1.29 is 31.2 Å². The molecule has 1 atom stereocenters. The summed E-state index contributed by atoms with van der Waals surface area (Å²) in [5.74, 6) is -1.30. The Morgan fingerprint density at radius 2 is 1.44 bits per heavy atom. The maximum Gasteiger partial charge on any atom is 0.417 e. The summed E-state index contributed by atoms with van der Waals surface area (Å²) in [6.45, 7) is 0.779. The summed E-state index contributed by atoms with van der Waals surface area (Å²) in [6, 6.07) is 25.0. The van der Waals surface area contributed by atoms with E-state index >= 15 is 0 Å². The molecule has 0 spiro atoms. The molecule has 236 valence electrons. The van der Waals surface area contributed by atoms with Gasteiger partial charge in [-0.25, -0.2) is 8.42 Å². The zero-order chi connectivity index (χ0) is 32.8. The number of nitrogens with one attached hydrogen (secondary N) is 1. The molecule has 0 aliphatic heterocycles. The molecule has 0 saturated heterocycles. The smallest absolute Gasteiger partial charge is 0.357 e. The number of amides is 2. The average molecular weight is 658 g/mol. The SMILES string of the molecule is CNC(=O)[C@@H](Cc1ccccc1)N(Cc1ccccc1)C(=O)CN(c1ccc(Cl)c(C(F)(F)F)c1)S(=O)(=O)c1ccc(C)cc1. The van der Waals surface area contributed by atoms with Crippen LogP contribution in [0, 0.1) is 6.92 Å². The Balaban J connectivity index is 1.84. The number of nitrogens with zero attached hydrogens (tertiary/aromatic N) is 2. The van der Waals surface area contributed by atoms with Crippen LogP contribution in [0.5, 0.6) is 0 Å². The number of hydrogen-bond acceptors (Lipinski definition) is 4. The fourth-order valence-electron chi connectivity index (χ4n) is 4.75. The molecule has 45 heavy (non-hydrogen) atoms. The number of benzene rings is 4. The van der Waals surface area contributed by atoms with Crippen LogP contribution in [-0.2, 0) is 38.8 Å². The molecular weight excluding hydrogens is 627 g/mol. The third kappa shape index (κ3) is 8.23. The Morgan fingerprint density at radius 3 is 2.00 bits per heavy atom. The third-order valence-electron chi connectivity index (χ3n) is 7.14. The van der Waals surface area contributed by atoms with Crippen molar-refractivity contribution in [2.45, 2.75) is 37.0 Å². The molecular formula is C33H31ClF3N3O4S. The molecule has 7 nitrogen and oxygen atoms in total. The van der Waals surface area contributed by atoms with Gasteiger partial charge in [0.2, 0.25) is 11.8 Å². The molecule has 0 saturated carbocycles. The Bertz CT molecular complexity index is 1740. The van der Waals surface area contributed by atoms with E-state index in [0.29, 0.717) is 15.9 Å². The normalized spacial score (nSPS) is 12.3. The standard InChI is InChI=1S/C33H31ClF3N3O4S/c1-23-13-16-27(17-14-23)45(43,44)40(26-15-18-29(34)28(20-26)33(35,36)37)22-31(41)39(21-25-11-7-4-8-12-25)30(32(42)38-2)19-24-9-5-3-6-10-24/h3-18,20,30H,19,21-22H2,1-2H3,(H,38,42)/t30-/m1/s1. The Labute approximate surface area is 265 Å². The van der Waals surface area contributed by atoms with Gasteiger partial charge in [-0.15, -0.1) is 0 Å². The van der Waals surface area contributed by atoms with Crippen LogP contribution < -0.4 is 9.62 Å². The number of sulfonamides is 1. The molecule has 4 aromatic rings.